The molecule has 2 heterocycles. The summed E-state index contributed by atoms with van der Waals surface area (Å²) in [7, 11) is 0. The van der Waals surface area contributed by atoms with E-state index in [-0.39, 0.29) is 5.91 Å². The van der Waals surface area contributed by atoms with Crippen LogP contribution in [0.1, 0.15) is 38.2 Å². The molecule has 2 saturated heterocycles. The third-order valence-electron chi connectivity index (χ3n) is 5.24. The third-order valence-corrected chi connectivity index (χ3v) is 5.24. The van der Waals surface area contributed by atoms with Crippen molar-refractivity contribution in [3.63, 3.8) is 0 Å². The zero-order chi connectivity index (χ0) is 16.1. The van der Waals surface area contributed by atoms with Gasteiger partial charge in [-0.15, -0.1) is 0 Å². The highest BCUT2D eigenvalue weighted by Crippen LogP contribution is 2.21. The van der Waals surface area contributed by atoms with Gasteiger partial charge >= 0.3 is 0 Å². The maximum Gasteiger partial charge on any atom is 0.220 e. The Morgan fingerprint density at radius 1 is 1.35 bits per heavy atom. The van der Waals surface area contributed by atoms with Gasteiger partial charge in [0.2, 0.25) is 5.91 Å². The van der Waals surface area contributed by atoms with E-state index < -0.39 is 0 Å². The van der Waals surface area contributed by atoms with Crippen LogP contribution >= 0.6 is 0 Å². The Morgan fingerprint density at radius 2 is 2.17 bits per heavy atom. The summed E-state index contributed by atoms with van der Waals surface area (Å²) in [4.78, 5) is 14.7. The minimum Gasteiger partial charge on any atom is -0.352 e. The van der Waals surface area contributed by atoms with Crippen LogP contribution in [0.25, 0.3) is 0 Å². The van der Waals surface area contributed by atoms with Gasteiger partial charge in [0.25, 0.3) is 0 Å². The molecule has 0 aromatic heterocycles. The lowest BCUT2D eigenvalue weighted by atomic mass is 10.0. The van der Waals surface area contributed by atoms with Crippen molar-refractivity contribution in [3.05, 3.63) is 35.9 Å². The molecule has 0 spiro atoms. The van der Waals surface area contributed by atoms with Gasteiger partial charge in [-0.1, -0.05) is 30.3 Å². The maximum absolute atomic E-state index is 12.2. The van der Waals surface area contributed by atoms with Crippen LogP contribution in [-0.4, -0.2) is 42.5 Å². The van der Waals surface area contributed by atoms with E-state index in [2.05, 4.69) is 52.8 Å². The number of nitrogens with zero attached hydrogens (tertiary/aromatic N) is 1. The van der Waals surface area contributed by atoms with Crippen molar-refractivity contribution in [1.82, 2.24) is 15.5 Å². The Balaban J connectivity index is 1.41. The molecule has 1 aromatic rings. The largest absolute Gasteiger partial charge is 0.352 e. The highest BCUT2D eigenvalue weighted by molar-refractivity contribution is 5.76. The van der Waals surface area contributed by atoms with Gasteiger partial charge in [-0.25, -0.2) is 0 Å². The number of likely N-dealkylation sites (tertiary alicyclic amines) is 1. The van der Waals surface area contributed by atoms with E-state index in [9.17, 15) is 4.79 Å². The smallest absolute Gasteiger partial charge is 0.220 e. The summed E-state index contributed by atoms with van der Waals surface area (Å²) >= 11 is 0. The molecule has 4 heteroatoms. The normalized spacial score (nSPS) is 28.1. The Kier molecular flexibility index (Phi) is 5.68. The highest BCUT2D eigenvalue weighted by atomic mass is 16.1. The lowest BCUT2D eigenvalue weighted by Crippen LogP contribution is -2.37. The molecular formula is C19H29N3O. The first-order valence-electron chi connectivity index (χ1n) is 8.99. The molecule has 0 radical (unpaired) electrons. The Morgan fingerprint density at radius 3 is 2.91 bits per heavy atom. The molecular weight excluding hydrogens is 286 g/mol. The van der Waals surface area contributed by atoms with Crippen molar-refractivity contribution in [2.24, 2.45) is 5.92 Å². The van der Waals surface area contributed by atoms with Crippen molar-refractivity contribution in [1.29, 1.82) is 0 Å². The number of carbonyl (C=O) groups excluding carboxylic acids is 1. The van der Waals surface area contributed by atoms with E-state index in [0.29, 0.717) is 24.4 Å². The number of benzene rings is 1. The average Bonchev–Trinajstić information content (AvgIpc) is 3.17. The molecule has 2 fully saturated rings. The van der Waals surface area contributed by atoms with Crippen molar-refractivity contribution in [2.75, 3.05) is 19.6 Å². The molecule has 0 bridgehead atoms. The zero-order valence-corrected chi connectivity index (χ0v) is 14.1. The average molecular weight is 315 g/mol. The topological polar surface area (TPSA) is 44.4 Å². The highest BCUT2D eigenvalue weighted by Gasteiger charge is 2.29. The fourth-order valence-corrected chi connectivity index (χ4v) is 3.84. The van der Waals surface area contributed by atoms with Gasteiger partial charge in [0, 0.05) is 31.6 Å². The molecule has 1 amide bonds. The second kappa shape index (κ2) is 7.93. The van der Waals surface area contributed by atoms with E-state index in [1.54, 1.807) is 0 Å². The van der Waals surface area contributed by atoms with Crippen LogP contribution in [0.4, 0.5) is 0 Å². The molecule has 3 unspecified atom stereocenters. The number of hydrogen-bond donors (Lipinski definition) is 2. The standard InChI is InChI=1S/C19H29N3O/c1-15-11-18(14-22(15)13-17-5-3-2-4-6-17)21-19(23)8-7-16-9-10-20-12-16/h2-6,15-16,18,20H,7-14H2,1H3,(H,21,23). The van der Waals surface area contributed by atoms with E-state index in [1.807, 2.05) is 0 Å². The summed E-state index contributed by atoms with van der Waals surface area (Å²) in [6.07, 6.45) is 3.98. The molecule has 0 aliphatic carbocycles. The van der Waals surface area contributed by atoms with Gasteiger partial charge in [0.1, 0.15) is 0 Å². The van der Waals surface area contributed by atoms with Gasteiger partial charge in [0.05, 0.1) is 0 Å². The van der Waals surface area contributed by atoms with Gasteiger partial charge in [-0.05, 0) is 50.8 Å². The van der Waals surface area contributed by atoms with E-state index in [1.165, 1.54) is 12.0 Å². The molecule has 23 heavy (non-hydrogen) atoms. The minimum absolute atomic E-state index is 0.232. The van der Waals surface area contributed by atoms with Crippen LogP contribution in [0.3, 0.4) is 0 Å². The van der Waals surface area contributed by atoms with Gasteiger partial charge in [-0.3, -0.25) is 9.69 Å². The molecule has 3 atom stereocenters. The SMILES string of the molecule is CC1CC(NC(=O)CCC2CCNC2)CN1Cc1ccccc1. The minimum atomic E-state index is 0.232. The summed E-state index contributed by atoms with van der Waals surface area (Å²) in [5, 5.41) is 6.61. The number of nitrogens with one attached hydrogen (secondary N) is 2. The lowest BCUT2D eigenvalue weighted by Gasteiger charge is -2.20. The monoisotopic (exact) mass is 315 g/mol. The maximum atomic E-state index is 12.2. The molecule has 2 N–H and O–H groups in total. The van der Waals surface area contributed by atoms with Crippen molar-refractivity contribution in [3.8, 4) is 0 Å². The summed E-state index contributed by atoms with van der Waals surface area (Å²) < 4.78 is 0. The number of amides is 1. The molecule has 4 nitrogen and oxygen atoms in total. The second-order valence-corrected chi connectivity index (χ2v) is 7.16. The molecule has 1 aromatic carbocycles. The zero-order valence-electron chi connectivity index (χ0n) is 14.1. The molecule has 3 rings (SSSR count). The van der Waals surface area contributed by atoms with Gasteiger partial charge < -0.3 is 10.6 Å². The predicted octanol–water partition coefficient (Wildman–Crippen LogP) is 2.16. The molecule has 0 saturated carbocycles. The van der Waals surface area contributed by atoms with Crippen LogP contribution < -0.4 is 10.6 Å². The molecule has 2 aliphatic rings. The Bertz CT molecular complexity index is 499. The molecule has 126 valence electrons. The number of carbonyl (C=O) groups is 1. The van der Waals surface area contributed by atoms with Crippen LogP contribution in [0.2, 0.25) is 0 Å². The van der Waals surface area contributed by atoms with Crippen molar-refractivity contribution >= 4 is 5.91 Å². The summed E-state index contributed by atoms with van der Waals surface area (Å²) in [5.74, 6) is 0.925. The quantitative estimate of drug-likeness (QED) is 0.845. The Labute approximate surface area is 139 Å². The van der Waals surface area contributed by atoms with Crippen molar-refractivity contribution in [2.45, 2.75) is 51.2 Å². The number of hydrogen-bond acceptors (Lipinski definition) is 3. The van der Waals surface area contributed by atoms with E-state index >= 15 is 0 Å². The first-order valence-corrected chi connectivity index (χ1v) is 8.99. The molecule has 2 aliphatic heterocycles. The van der Waals surface area contributed by atoms with E-state index in [0.717, 1.165) is 39.0 Å². The van der Waals surface area contributed by atoms with Crippen LogP contribution in [0, 0.1) is 5.92 Å². The van der Waals surface area contributed by atoms with Crippen LogP contribution in [-0.2, 0) is 11.3 Å². The predicted molar refractivity (Wildman–Crippen MR) is 93.1 cm³/mol. The van der Waals surface area contributed by atoms with Crippen LogP contribution in [0.15, 0.2) is 30.3 Å². The second-order valence-electron chi connectivity index (χ2n) is 7.16. The Hall–Kier alpha value is -1.39. The van der Waals surface area contributed by atoms with Crippen molar-refractivity contribution < 1.29 is 4.79 Å². The first kappa shape index (κ1) is 16.5. The third kappa shape index (κ3) is 4.79. The summed E-state index contributed by atoms with van der Waals surface area (Å²) in [6.45, 7) is 6.40. The van der Waals surface area contributed by atoms with Gasteiger partial charge in [-0.2, -0.15) is 0 Å². The lowest BCUT2D eigenvalue weighted by molar-refractivity contribution is -0.122. The summed E-state index contributed by atoms with van der Waals surface area (Å²) in [6, 6.07) is 11.4. The fraction of sp³-hybridized carbons (Fsp3) is 0.632. The van der Waals surface area contributed by atoms with Gasteiger partial charge in [0.15, 0.2) is 0 Å². The van der Waals surface area contributed by atoms with Crippen LogP contribution in [0.5, 0.6) is 0 Å². The summed E-state index contributed by atoms with van der Waals surface area (Å²) in [5.41, 5.74) is 1.35. The first-order chi connectivity index (χ1) is 11.2. The fourth-order valence-electron chi connectivity index (χ4n) is 3.84. The number of rotatable bonds is 6. The van der Waals surface area contributed by atoms with E-state index in [4.69, 9.17) is 0 Å².